The first-order chi connectivity index (χ1) is 12.8. The minimum absolute atomic E-state index is 0. The lowest BCUT2D eigenvalue weighted by molar-refractivity contribution is 0.198. The molecule has 2 aliphatic rings. The number of hydrogen-bond acceptors (Lipinski definition) is 4. The fourth-order valence-electron chi connectivity index (χ4n) is 3.59. The Kier molecular flexibility index (Phi) is 9.89. The zero-order chi connectivity index (χ0) is 18.2. The Morgan fingerprint density at radius 1 is 1.22 bits per heavy atom. The first kappa shape index (κ1) is 22.5. The summed E-state index contributed by atoms with van der Waals surface area (Å²) < 4.78 is 11.9. The molecule has 1 aromatic carbocycles. The minimum atomic E-state index is 0. The Morgan fingerprint density at radius 2 is 2.04 bits per heavy atom. The van der Waals surface area contributed by atoms with Crippen molar-refractivity contribution in [2.75, 3.05) is 25.7 Å². The second kappa shape index (κ2) is 11.9. The summed E-state index contributed by atoms with van der Waals surface area (Å²) in [4.78, 5) is 4.39. The summed E-state index contributed by atoms with van der Waals surface area (Å²) >= 11 is 2.01. The maximum absolute atomic E-state index is 6.32. The maximum Gasteiger partial charge on any atom is 0.191 e. The van der Waals surface area contributed by atoms with Gasteiger partial charge in [0.25, 0.3) is 0 Å². The number of thioether (sulfide) groups is 1. The summed E-state index contributed by atoms with van der Waals surface area (Å²) in [7, 11) is 3.53. The van der Waals surface area contributed by atoms with Crippen molar-refractivity contribution in [3.05, 3.63) is 23.8 Å². The molecule has 27 heavy (non-hydrogen) atoms. The van der Waals surface area contributed by atoms with Crippen LogP contribution in [0.25, 0.3) is 0 Å². The molecule has 1 saturated heterocycles. The Labute approximate surface area is 184 Å². The fourth-order valence-corrected chi connectivity index (χ4v) is 4.66. The highest BCUT2D eigenvalue weighted by molar-refractivity contribution is 14.0. The standard InChI is InChI=1S/C20H31N3O2S.HI/c1-21-20(23-16-8-6-12-26-14-16)22-13-15-7-5-11-18(24-2)19(15)25-17-9-3-4-10-17;/h5,7,11,16-17H,3-4,6,8-10,12-14H2,1-2H3,(H2,21,22,23);1H. The molecule has 2 N–H and O–H groups in total. The highest BCUT2D eigenvalue weighted by Crippen LogP contribution is 2.34. The van der Waals surface area contributed by atoms with Crippen LogP contribution in [-0.2, 0) is 6.54 Å². The van der Waals surface area contributed by atoms with Gasteiger partial charge in [-0.15, -0.1) is 24.0 Å². The Hall–Kier alpha value is -0.830. The number of nitrogens with zero attached hydrogens (tertiary/aromatic N) is 1. The number of hydrogen-bond donors (Lipinski definition) is 2. The minimum Gasteiger partial charge on any atom is -0.493 e. The summed E-state index contributed by atoms with van der Waals surface area (Å²) in [5.74, 6) is 4.96. The van der Waals surface area contributed by atoms with Crippen molar-refractivity contribution in [1.82, 2.24) is 10.6 Å². The molecular formula is C20H32IN3O2S. The first-order valence-electron chi connectivity index (χ1n) is 9.67. The molecule has 5 nitrogen and oxygen atoms in total. The summed E-state index contributed by atoms with van der Waals surface area (Å²) in [6.45, 7) is 0.665. The normalized spacial score (nSPS) is 20.7. The van der Waals surface area contributed by atoms with Crippen molar-refractivity contribution in [2.24, 2.45) is 4.99 Å². The van der Waals surface area contributed by atoms with Crippen LogP contribution in [0.2, 0.25) is 0 Å². The average molecular weight is 505 g/mol. The third-order valence-corrected chi connectivity index (χ3v) is 6.25. The van der Waals surface area contributed by atoms with Gasteiger partial charge in [-0.2, -0.15) is 11.8 Å². The molecule has 1 aromatic rings. The van der Waals surface area contributed by atoms with Gasteiger partial charge in [0, 0.05) is 31.0 Å². The SMILES string of the molecule is CN=C(NCc1cccc(OC)c1OC1CCCC1)NC1CCCSC1.I. The van der Waals surface area contributed by atoms with Crippen LogP contribution in [0, 0.1) is 0 Å². The zero-order valence-electron chi connectivity index (χ0n) is 16.3. The fraction of sp³-hybridized carbons (Fsp3) is 0.650. The highest BCUT2D eigenvalue weighted by Gasteiger charge is 2.21. The molecule has 1 atom stereocenters. The van der Waals surface area contributed by atoms with E-state index in [4.69, 9.17) is 9.47 Å². The van der Waals surface area contributed by atoms with Gasteiger partial charge in [-0.05, 0) is 50.3 Å². The van der Waals surface area contributed by atoms with Crippen molar-refractivity contribution in [3.63, 3.8) is 0 Å². The molecule has 1 aliphatic carbocycles. The quantitative estimate of drug-likeness (QED) is 0.345. The molecule has 1 heterocycles. The molecule has 0 aromatic heterocycles. The van der Waals surface area contributed by atoms with Gasteiger partial charge in [0.05, 0.1) is 13.2 Å². The van der Waals surface area contributed by atoms with Crippen LogP contribution >= 0.6 is 35.7 Å². The molecule has 3 rings (SSSR count). The van der Waals surface area contributed by atoms with E-state index in [1.165, 1.54) is 31.4 Å². The second-order valence-corrected chi connectivity index (χ2v) is 8.11. The van der Waals surface area contributed by atoms with Gasteiger partial charge in [0.1, 0.15) is 0 Å². The van der Waals surface area contributed by atoms with E-state index in [0.717, 1.165) is 41.6 Å². The smallest absolute Gasteiger partial charge is 0.191 e. The summed E-state index contributed by atoms with van der Waals surface area (Å²) in [6.07, 6.45) is 7.56. The third-order valence-electron chi connectivity index (χ3n) is 5.04. The predicted molar refractivity (Wildman–Crippen MR) is 125 cm³/mol. The molecule has 152 valence electrons. The van der Waals surface area contributed by atoms with Gasteiger partial charge in [0.2, 0.25) is 0 Å². The Balaban J connectivity index is 0.00000261. The van der Waals surface area contributed by atoms with Crippen LogP contribution < -0.4 is 20.1 Å². The van der Waals surface area contributed by atoms with Gasteiger partial charge >= 0.3 is 0 Å². The molecule has 0 radical (unpaired) electrons. The summed E-state index contributed by atoms with van der Waals surface area (Å²) in [5, 5.41) is 6.99. The van der Waals surface area contributed by atoms with Gasteiger partial charge < -0.3 is 20.1 Å². The van der Waals surface area contributed by atoms with Gasteiger partial charge in [-0.3, -0.25) is 4.99 Å². The van der Waals surface area contributed by atoms with E-state index < -0.39 is 0 Å². The molecule has 2 fully saturated rings. The molecule has 0 bridgehead atoms. The lowest BCUT2D eigenvalue weighted by Crippen LogP contribution is -2.45. The lowest BCUT2D eigenvalue weighted by atomic mass is 10.1. The third kappa shape index (κ3) is 6.62. The lowest BCUT2D eigenvalue weighted by Gasteiger charge is -2.25. The van der Waals surface area contributed by atoms with Crippen LogP contribution in [0.15, 0.2) is 23.2 Å². The van der Waals surface area contributed by atoms with E-state index in [9.17, 15) is 0 Å². The van der Waals surface area contributed by atoms with Crippen molar-refractivity contribution in [2.45, 2.75) is 57.2 Å². The van der Waals surface area contributed by atoms with Crippen molar-refractivity contribution < 1.29 is 9.47 Å². The number of para-hydroxylation sites is 1. The first-order valence-corrected chi connectivity index (χ1v) is 10.8. The summed E-state index contributed by atoms with van der Waals surface area (Å²) in [6, 6.07) is 6.59. The van der Waals surface area contributed by atoms with Gasteiger partial charge in [0.15, 0.2) is 17.5 Å². The molecule has 1 aliphatic heterocycles. The summed E-state index contributed by atoms with van der Waals surface area (Å²) in [5.41, 5.74) is 1.11. The van der Waals surface area contributed by atoms with E-state index in [2.05, 4.69) is 21.7 Å². The number of ether oxygens (including phenoxy) is 2. The molecule has 1 unspecified atom stereocenters. The van der Waals surface area contributed by atoms with Crippen molar-refractivity contribution in [1.29, 1.82) is 0 Å². The van der Waals surface area contributed by atoms with E-state index in [1.54, 1.807) is 7.11 Å². The molecule has 1 saturated carbocycles. The maximum atomic E-state index is 6.32. The van der Waals surface area contributed by atoms with E-state index >= 15 is 0 Å². The van der Waals surface area contributed by atoms with Crippen LogP contribution in [0.3, 0.4) is 0 Å². The van der Waals surface area contributed by atoms with Gasteiger partial charge in [-0.25, -0.2) is 0 Å². The van der Waals surface area contributed by atoms with Gasteiger partial charge in [-0.1, -0.05) is 12.1 Å². The Morgan fingerprint density at radius 3 is 2.70 bits per heavy atom. The van der Waals surface area contributed by atoms with E-state index in [0.29, 0.717) is 18.7 Å². The number of benzene rings is 1. The van der Waals surface area contributed by atoms with Crippen molar-refractivity contribution in [3.8, 4) is 11.5 Å². The second-order valence-electron chi connectivity index (χ2n) is 6.96. The molecular weight excluding hydrogens is 473 g/mol. The average Bonchev–Trinajstić information content (AvgIpc) is 3.20. The number of rotatable bonds is 6. The van der Waals surface area contributed by atoms with Crippen molar-refractivity contribution >= 4 is 41.7 Å². The number of halogens is 1. The molecule has 0 spiro atoms. The topological polar surface area (TPSA) is 54.9 Å². The zero-order valence-corrected chi connectivity index (χ0v) is 19.5. The van der Waals surface area contributed by atoms with Crippen LogP contribution in [0.1, 0.15) is 44.1 Å². The van der Waals surface area contributed by atoms with Crippen LogP contribution in [-0.4, -0.2) is 43.8 Å². The molecule has 0 amide bonds. The largest absolute Gasteiger partial charge is 0.493 e. The number of nitrogens with one attached hydrogen (secondary N) is 2. The number of guanidine groups is 1. The number of methoxy groups -OCH3 is 1. The monoisotopic (exact) mass is 505 g/mol. The van der Waals surface area contributed by atoms with Crippen LogP contribution in [0.4, 0.5) is 0 Å². The number of aliphatic imine (C=N–C) groups is 1. The highest BCUT2D eigenvalue weighted by atomic mass is 127. The van der Waals surface area contributed by atoms with E-state index in [-0.39, 0.29) is 24.0 Å². The molecule has 7 heteroatoms. The predicted octanol–water partition coefficient (Wildman–Crippen LogP) is 4.20. The Bertz CT molecular complexity index is 603. The van der Waals surface area contributed by atoms with E-state index in [1.807, 2.05) is 30.9 Å². The van der Waals surface area contributed by atoms with Crippen LogP contribution in [0.5, 0.6) is 11.5 Å².